The first-order valence-corrected chi connectivity index (χ1v) is 10.7. The lowest BCUT2D eigenvalue weighted by molar-refractivity contribution is -0.133. The summed E-state index contributed by atoms with van der Waals surface area (Å²) in [5.74, 6) is -0.476. The summed E-state index contributed by atoms with van der Waals surface area (Å²) < 4.78 is 11.2. The highest BCUT2D eigenvalue weighted by Gasteiger charge is 2.21. The summed E-state index contributed by atoms with van der Waals surface area (Å²) in [6.45, 7) is 2.42. The summed E-state index contributed by atoms with van der Waals surface area (Å²) in [5, 5.41) is 10.0. The predicted octanol–water partition coefficient (Wildman–Crippen LogP) is 4.59. The zero-order valence-corrected chi connectivity index (χ0v) is 18.3. The Bertz CT molecular complexity index is 1300. The summed E-state index contributed by atoms with van der Waals surface area (Å²) in [5.41, 5.74) is 5.15. The highest BCUT2D eigenvalue weighted by molar-refractivity contribution is 5.79. The molecular formula is C27H25NO5. The van der Waals surface area contributed by atoms with E-state index in [1.807, 2.05) is 73.7 Å². The monoisotopic (exact) mass is 443 g/mol. The van der Waals surface area contributed by atoms with E-state index in [-0.39, 0.29) is 6.42 Å². The molecule has 3 aromatic carbocycles. The molecule has 0 spiro atoms. The van der Waals surface area contributed by atoms with Crippen LogP contribution in [0.15, 0.2) is 88.1 Å². The second-order valence-corrected chi connectivity index (χ2v) is 8.10. The van der Waals surface area contributed by atoms with Crippen LogP contribution in [0.25, 0.3) is 11.0 Å². The summed E-state index contributed by atoms with van der Waals surface area (Å²) in [4.78, 5) is 24.8. The van der Waals surface area contributed by atoms with Crippen LogP contribution in [0.4, 0.5) is 0 Å². The van der Waals surface area contributed by atoms with E-state index in [1.165, 1.54) is 0 Å². The van der Waals surface area contributed by atoms with Crippen molar-refractivity contribution in [3.8, 4) is 5.75 Å². The first-order chi connectivity index (χ1) is 16.0. The van der Waals surface area contributed by atoms with Crippen molar-refractivity contribution in [3.05, 3.63) is 112 Å². The van der Waals surface area contributed by atoms with Gasteiger partial charge in [-0.2, -0.15) is 0 Å². The van der Waals surface area contributed by atoms with Crippen molar-refractivity contribution in [2.24, 2.45) is 5.92 Å². The van der Waals surface area contributed by atoms with Crippen LogP contribution in [0, 0.1) is 12.8 Å². The van der Waals surface area contributed by atoms with E-state index < -0.39 is 17.5 Å². The normalized spacial score (nSPS) is 11.8. The molecule has 4 rings (SSSR count). The van der Waals surface area contributed by atoms with E-state index >= 15 is 0 Å². The van der Waals surface area contributed by atoms with Gasteiger partial charge in [0.2, 0.25) is 5.91 Å². The second kappa shape index (κ2) is 10.1. The molecule has 33 heavy (non-hydrogen) atoms. The largest absolute Gasteiger partial charge is 0.489 e. The van der Waals surface area contributed by atoms with Crippen LogP contribution in [0.5, 0.6) is 5.75 Å². The molecule has 1 heterocycles. The lowest BCUT2D eigenvalue weighted by Gasteiger charge is -2.15. The molecule has 1 unspecified atom stereocenters. The van der Waals surface area contributed by atoms with Crippen molar-refractivity contribution in [1.29, 1.82) is 0 Å². The molecule has 0 aliphatic carbocycles. The Balaban J connectivity index is 1.48. The van der Waals surface area contributed by atoms with Crippen molar-refractivity contribution >= 4 is 16.9 Å². The maximum Gasteiger partial charge on any atom is 0.339 e. The Hall–Kier alpha value is -3.90. The first-order valence-electron chi connectivity index (χ1n) is 10.7. The van der Waals surface area contributed by atoms with Gasteiger partial charge in [-0.05, 0) is 61.2 Å². The average molecular weight is 443 g/mol. The number of hydrogen-bond acceptors (Lipinski definition) is 5. The van der Waals surface area contributed by atoms with Crippen LogP contribution in [-0.4, -0.2) is 11.1 Å². The molecule has 0 saturated carbocycles. The van der Waals surface area contributed by atoms with Crippen LogP contribution in [0.3, 0.4) is 0 Å². The molecule has 4 aromatic rings. The van der Waals surface area contributed by atoms with Gasteiger partial charge in [0.15, 0.2) is 0 Å². The molecule has 0 fully saturated rings. The molecule has 0 saturated heterocycles. The average Bonchev–Trinajstić information content (AvgIpc) is 2.84. The zero-order chi connectivity index (χ0) is 23.2. The van der Waals surface area contributed by atoms with Crippen LogP contribution < -0.4 is 15.8 Å². The van der Waals surface area contributed by atoms with Crippen LogP contribution in [0.2, 0.25) is 0 Å². The number of benzene rings is 3. The number of carbonyl (C=O) groups excluding carboxylic acids is 1. The standard InChI is InChI=1S/C27H25NO5/c1-18-7-12-25-21(13-18)15-23(27(30)33-25)16-22(26(29)28-31)14-19-8-10-24(11-9-19)32-17-20-5-3-2-4-6-20/h2-13,15,22,31H,14,16-17H2,1H3,(H,28,29). The molecule has 0 radical (unpaired) electrons. The summed E-state index contributed by atoms with van der Waals surface area (Å²) in [7, 11) is 0. The SMILES string of the molecule is Cc1ccc2oc(=O)c(CC(Cc3ccc(OCc4ccccc4)cc3)C(=O)NO)cc2c1. The third-order valence-corrected chi connectivity index (χ3v) is 5.56. The highest BCUT2D eigenvalue weighted by atomic mass is 16.5. The Labute approximate surface area is 191 Å². The minimum atomic E-state index is -0.642. The Morgan fingerprint density at radius 1 is 0.970 bits per heavy atom. The molecule has 6 nitrogen and oxygen atoms in total. The molecule has 168 valence electrons. The van der Waals surface area contributed by atoms with Gasteiger partial charge in [-0.15, -0.1) is 0 Å². The van der Waals surface area contributed by atoms with Crippen molar-refractivity contribution in [2.75, 3.05) is 0 Å². The fourth-order valence-corrected chi connectivity index (χ4v) is 3.79. The van der Waals surface area contributed by atoms with Gasteiger partial charge in [-0.3, -0.25) is 10.0 Å². The van der Waals surface area contributed by atoms with E-state index in [4.69, 9.17) is 9.15 Å². The Kier molecular flexibility index (Phi) is 6.86. The minimum absolute atomic E-state index is 0.144. The van der Waals surface area contributed by atoms with Crippen molar-refractivity contribution in [3.63, 3.8) is 0 Å². The van der Waals surface area contributed by atoms with Gasteiger partial charge in [0.05, 0.1) is 0 Å². The maximum atomic E-state index is 12.5. The zero-order valence-electron chi connectivity index (χ0n) is 18.3. The summed E-state index contributed by atoms with van der Waals surface area (Å²) >= 11 is 0. The lowest BCUT2D eigenvalue weighted by Crippen LogP contribution is -2.32. The predicted molar refractivity (Wildman–Crippen MR) is 125 cm³/mol. The van der Waals surface area contributed by atoms with Gasteiger partial charge in [-0.25, -0.2) is 10.3 Å². The van der Waals surface area contributed by atoms with Crippen molar-refractivity contribution < 1.29 is 19.2 Å². The number of fused-ring (bicyclic) bond motifs is 1. The third-order valence-electron chi connectivity index (χ3n) is 5.56. The highest BCUT2D eigenvalue weighted by Crippen LogP contribution is 2.21. The van der Waals surface area contributed by atoms with Gasteiger partial charge in [-0.1, -0.05) is 54.1 Å². The molecule has 1 amide bonds. The van der Waals surface area contributed by atoms with E-state index in [2.05, 4.69) is 0 Å². The van der Waals surface area contributed by atoms with Crippen LogP contribution in [0.1, 0.15) is 22.3 Å². The number of aryl methyl sites for hydroxylation is 1. The quantitative estimate of drug-likeness (QED) is 0.236. The Morgan fingerprint density at radius 3 is 2.45 bits per heavy atom. The molecule has 0 aliphatic heterocycles. The fourth-order valence-electron chi connectivity index (χ4n) is 3.79. The first kappa shape index (κ1) is 22.3. The lowest BCUT2D eigenvalue weighted by atomic mass is 9.92. The smallest absolute Gasteiger partial charge is 0.339 e. The Morgan fingerprint density at radius 2 is 1.73 bits per heavy atom. The van der Waals surface area contributed by atoms with E-state index in [0.29, 0.717) is 24.2 Å². The van der Waals surface area contributed by atoms with Crippen molar-refractivity contribution in [2.45, 2.75) is 26.4 Å². The summed E-state index contributed by atoms with van der Waals surface area (Å²) in [6, 6.07) is 24.6. The number of rotatable bonds is 8. The van der Waals surface area contributed by atoms with Crippen LogP contribution >= 0.6 is 0 Å². The van der Waals surface area contributed by atoms with Gasteiger partial charge >= 0.3 is 5.63 Å². The minimum Gasteiger partial charge on any atom is -0.489 e. The third kappa shape index (κ3) is 5.67. The number of hydrogen-bond donors (Lipinski definition) is 2. The second-order valence-electron chi connectivity index (χ2n) is 8.10. The topological polar surface area (TPSA) is 88.8 Å². The molecule has 1 aromatic heterocycles. The molecule has 0 bridgehead atoms. The molecule has 6 heteroatoms. The molecular weight excluding hydrogens is 418 g/mol. The van der Waals surface area contributed by atoms with Crippen LogP contribution in [-0.2, 0) is 24.2 Å². The van der Waals surface area contributed by atoms with Gasteiger partial charge in [0.25, 0.3) is 0 Å². The molecule has 2 N–H and O–H groups in total. The number of hydroxylamine groups is 1. The summed E-state index contributed by atoms with van der Waals surface area (Å²) in [6.07, 6.45) is 0.488. The molecule has 1 atom stereocenters. The molecule has 0 aliphatic rings. The van der Waals surface area contributed by atoms with Gasteiger partial charge in [0, 0.05) is 16.9 Å². The van der Waals surface area contributed by atoms with Gasteiger partial charge < -0.3 is 9.15 Å². The fraction of sp³-hybridized carbons (Fsp3) is 0.185. The van der Waals surface area contributed by atoms with Crippen molar-refractivity contribution in [1.82, 2.24) is 5.48 Å². The number of carbonyl (C=O) groups is 1. The number of nitrogens with one attached hydrogen (secondary N) is 1. The van der Waals surface area contributed by atoms with Gasteiger partial charge in [0.1, 0.15) is 17.9 Å². The van der Waals surface area contributed by atoms with E-state index in [9.17, 15) is 14.8 Å². The van der Waals surface area contributed by atoms with E-state index in [0.717, 1.165) is 27.8 Å². The number of amides is 1. The maximum absolute atomic E-state index is 12.5. The van der Waals surface area contributed by atoms with E-state index in [1.54, 1.807) is 17.6 Å². The number of ether oxygens (including phenoxy) is 1.